The van der Waals surface area contributed by atoms with Crippen molar-refractivity contribution in [3.8, 4) is 5.75 Å². The van der Waals surface area contributed by atoms with E-state index in [0.29, 0.717) is 43.1 Å². The smallest absolute Gasteiger partial charge is 0.428 e. The van der Waals surface area contributed by atoms with Gasteiger partial charge in [-0.25, -0.2) is 4.79 Å². The Balaban J connectivity index is 1.52. The molecule has 0 spiro atoms. The van der Waals surface area contributed by atoms with Crippen LogP contribution in [0.15, 0.2) is 48.5 Å². The number of hydrogen-bond acceptors (Lipinski definition) is 5. The summed E-state index contributed by atoms with van der Waals surface area (Å²) in [6.07, 6.45) is -4.67. The molecule has 1 amide bonds. The van der Waals surface area contributed by atoms with Gasteiger partial charge in [0.15, 0.2) is 5.72 Å². The first-order valence-corrected chi connectivity index (χ1v) is 10.5. The van der Waals surface area contributed by atoms with Crippen molar-refractivity contribution in [1.82, 2.24) is 4.90 Å². The van der Waals surface area contributed by atoms with Crippen LogP contribution in [0.25, 0.3) is 0 Å². The van der Waals surface area contributed by atoms with Gasteiger partial charge in [0.05, 0.1) is 0 Å². The third-order valence-corrected chi connectivity index (χ3v) is 5.41. The number of halogens is 3. The van der Waals surface area contributed by atoms with E-state index in [4.69, 9.17) is 10.5 Å². The highest BCUT2D eigenvalue weighted by Gasteiger charge is 2.35. The Kier molecular flexibility index (Phi) is 7.30. The Bertz CT molecular complexity index is 909. The molecular formula is C23H28F3N3O3. The van der Waals surface area contributed by atoms with E-state index >= 15 is 0 Å². The molecule has 0 aromatic heterocycles. The van der Waals surface area contributed by atoms with Gasteiger partial charge < -0.3 is 9.47 Å². The Labute approximate surface area is 185 Å². The minimum Gasteiger partial charge on any atom is -0.428 e. The number of likely N-dealkylation sites (tertiary alicyclic amines) is 1. The van der Waals surface area contributed by atoms with Gasteiger partial charge in [-0.15, -0.1) is 13.2 Å². The van der Waals surface area contributed by atoms with E-state index in [1.807, 2.05) is 29.2 Å². The lowest BCUT2D eigenvalue weighted by atomic mass is 10.0. The van der Waals surface area contributed by atoms with E-state index in [-0.39, 0.29) is 12.3 Å². The topological polar surface area (TPSA) is 76.8 Å². The maximum atomic E-state index is 12.6. The van der Waals surface area contributed by atoms with Crippen LogP contribution in [0.3, 0.4) is 0 Å². The SMILES string of the molecule is CC(C)c1ccc(NC(=O)OC2(N)CCN(Cc3ccccc3OC(F)(F)F)CC2)cc1. The van der Waals surface area contributed by atoms with Crippen LogP contribution in [0.2, 0.25) is 0 Å². The van der Waals surface area contributed by atoms with E-state index < -0.39 is 18.2 Å². The number of carbonyl (C=O) groups is 1. The molecule has 1 aliphatic heterocycles. The van der Waals surface area contributed by atoms with Crippen molar-refractivity contribution in [2.45, 2.75) is 51.2 Å². The zero-order valence-corrected chi connectivity index (χ0v) is 18.1. The zero-order chi connectivity index (χ0) is 23.4. The summed E-state index contributed by atoms with van der Waals surface area (Å²) in [6.45, 7) is 5.38. The Hall–Kier alpha value is -2.78. The summed E-state index contributed by atoms with van der Waals surface area (Å²) < 4.78 is 47.5. The predicted octanol–water partition coefficient (Wildman–Crippen LogP) is 5.21. The molecule has 3 N–H and O–H groups in total. The van der Waals surface area contributed by atoms with E-state index in [1.165, 1.54) is 12.1 Å². The van der Waals surface area contributed by atoms with Crippen LogP contribution in [-0.4, -0.2) is 36.2 Å². The molecule has 1 fully saturated rings. The summed E-state index contributed by atoms with van der Waals surface area (Å²) in [5.41, 5.74) is 7.33. The highest BCUT2D eigenvalue weighted by Crippen LogP contribution is 2.29. The number of hydrogen-bond donors (Lipinski definition) is 2. The van der Waals surface area contributed by atoms with Crippen molar-refractivity contribution in [1.29, 1.82) is 0 Å². The highest BCUT2D eigenvalue weighted by atomic mass is 19.4. The molecule has 6 nitrogen and oxygen atoms in total. The summed E-state index contributed by atoms with van der Waals surface area (Å²) >= 11 is 0. The highest BCUT2D eigenvalue weighted by molar-refractivity contribution is 5.84. The summed E-state index contributed by atoms with van der Waals surface area (Å²) in [5, 5.41) is 2.68. The molecule has 1 saturated heterocycles. The van der Waals surface area contributed by atoms with Gasteiger partial charge in [-0.1, -0.05) is 44.2 Å². The lowest BCUT2D eigenvalue weighted by molar-refractivity contribution is -0.275. The normalized spacial score (nSPS) is 16.6. The predicted molar refractivity (Wildman–Crippen MR) is 115 cm³/mol. The molecule has 0 aliphatic carbocycles. The number of amides is 1. The molecule has 3 rings (SSSR count). The van der Waals surface area contributed by atoms with E-state index in [1.54, 1.807) is 12.1 Å². The Morgan fingerprint density at radius 1 is 1.12 bits per heavy atom. The van der Waals surface area contributed by atoms with Gasteiger partial charge >= 0.3 is 12.5 Å². The molecule has 174 valence electrons. The summed E-state index contributed by atoms with van der Waals surface area (Å²) in [6, 6.07) is 13.5. The minimum atomic E-state index is -4.75. The number of rotatable bonds is 6. The van der Waals surface area contributed by atoms with Gasteiger partial charge in [-0.2, -0.15) is 0 Å². The van der Waals surface area contributed by atoms with Crippen molar-refractivity contribution in [2.75, 3.05) is 18.4 Å². The number of anilines is 1. The molecule has 1 aliphatic rings. The summed E-state index contributed by atoms with van der Waals surface area (Å²) in [4.78, 5) is 14.3. The van der Waals surface area contributed by atoms with Gasteiger partial charge in [-0.05, 0) is 29.7 Å². The van der Waals surface area contributed by atoms with E-state index in [9.17, 15) is 18.0 Å². The fourth-order valence-electron chi connectivity index (χ4n) is 3.57. The molecular weight excluding hydrogens is 423 g/mol. The summed E-state index contributed by atoms with van der Waals surface area (Å²) in [5.74, 6) is 0.171. The van der Waals surface area contributed by atoms with Crippen molar-refractivity contribution >= 4 is 11.8 Å². The average molecular weight is 451 g/mol. The molecule has 2 aromatic carbocycles. The minimum absolute atomic E-state index is 0.219. The number of ether oxygens (including phenoxy) is 2. The quantitative estimate of drug-likeness (QED) is 0.590. The fourth-order valence-corrected chi connectivity index (χ4v) is 3.57. The van der Waals surface area contributed by atoms with Crippen LogP contribution in [0.1, 0.15) is 43.7 Å². The first kappa shape index (κ1) is 23.9. The van der Waals surface area contributed by atoms with Gasteiger partial charge in [0.25, 0.3) is 0 Å². The maximum absolute atomic E-state index is 12.6. The molecule has 0 radical (unpaired) electrons. The number of nitrogens with zero attached hydrogens (tertiary/aromatic N) is 1. The van der Waals surface area contributed by atoms with Crippen LogP contribution in [-0.2, 0) is 11.3 Å². The lowest BCUT2D eigenvalue weighted by Crippen LogP contribution is -2.53. The molecule has 9 heteroatoms. The van der Waals surface area contributed by atoms with Crippen molar-refractivity contribution in [2.24, 2.45) is 5.73 Å². The molecule has 0 unspecified atom stereocenters. The Morgan fingerprint density at radius 2 is 1.75 bits per heavy atom. The average Bonchev–Trinajstić information content (AvgIpc) is 2.70. The zero-order valence-electron chi connectivity index (χ0n) is 18.1. The monoisotopic (exact) mass is 451 g/mol. The molecule has 32 heavy (non-hydrogen) atoms. The second kappa shape index (κ2) is 9.79. The van der Waals surface area contributed by atoms with E-state index in [0.717, 1.165) is 5.56 Å². The van der Waals surface area contributed by atoms with Crippen LogP contribution < -0.4 is 15.8 Å². The van der Waals surface area contributed by atoms with Gasteiger partial charge in [0, 0.05) is 43.7 Å². The summed E-state index contributed by atoms with van der Waals surface area (Å²) in [7, 11) is 0. The second-order valence-corrected chi connectivity index (χ2v) is 8.29. The number of nitrogens with two attached hydrogens (primary N) is 1. The molecule has 1 heterocycles. The lowest BCUT2D eigenvalue weighted by Gasteiger charge is -2.38. The molecule has 0 atom stereocenters. The number of benzene rings is 2. The van der Waals surface area contributed by atoms with E-state index in [2.05, 4.69) is 23.9 Å². The van der Waals surface area contributed by atoms with Crippen LogP contribution in [0.5, 0.6) is 5.75 Å². The number of nitrogens with one attached hydrogen (secondary N) is 1. The molecule has 0 saturated carbocycles. The fraction of sp³-hybridized carbons (Fsp3) is 0.435. The number of para-hydroxylation sites is 1. The van der Waals surface area contributed by atoms with Gasteiger partial charge in [-0.3, -0.25) is 16.0 Å². The van der Waals surface area contributed by atoms with Crippen molar-refractivity contribution in [3.05, 3.63) is 59.7 Å². The maximum Gasteiger partial charge on any atom is 0.573 e. The van der Waals surface area contributed by atoms with Crippen LogP contribution in [0, 0.1) is 0 Å². The van der Waals surface area contributed by atoms with Crippen LogP contribution in [0.4, 0.5) is 23.7 Å². The molecule has 0 bridgehead atoms. The first-order chi connectivity index (χ1) is 15.0. The van der Waals surface area contributed by atoms with Crippen molar-refractivity contribution < 1.29 is 27.4 Å². The van der Waals surface area contributed by atoms with Gasteiger partial charge in [0.2, 0.25) is 0 Å². The van der Waals surface area contributed by atoms with Crippen molar-refractivity contribution in [3.63, 3.8) is 0 Å². The first-order valence-electron chi connectivity index (χ1n) is 10.5. The third-order valence-electron chi connectivity index (χ3n) is 5.41. The number of piperidine rings is 1. The second-order valence-electron chi connectivity index (χ2n) is 8.29. The third kappa shape index (κ3) is 6.86. The van der Waals surface area contributed by atoms with Gasteiger partial charge in [0.1, 0.15) is 5.75 Å². The number of alkyl halides is 3. The number of carbonyl (C=O) groups excluding carboxylic acids is 1. The largest absolute Gasteiger partial charge is 0.573 e. The standard InChI is InChI=1S/C23H28F3N3O3/c1-16(2)17-7-9-19(10-8-17)28-21(30)32-22(27)11-13-29(14-12-22)15-18-5-3-4-6-20(18)31-23(24,25)26/h3-10,16H,11-15,27H2,1-2H3,(H,28,30). The Morgan fingerprint density at radius 3 is 2.34 bits per heavy atom. The van der Waals surface area contributed by atoms with Crippen LogP contribution >= 0.6 is 0 Å². The molecule has 2 aromatic rings.